The summed E-state index contributed by atoms with van der Waals surface area (Å²) in [5.74, 6) is 1.95. The molecule has 0 spiro atoms. The minimum Gasteiger partial charge on any atom is -0.455 e. The fourth-order valence-electron chi connectivity index (χ4n) is 13.2. The SMILES string of the molecule is CC1(C)c2cc3c(cc2-c2oc4c(-c5c6ccccc6c(-c6ccccc6)c6ccccc56)cccc4c21)C(C)(C)c1c-3oc2c(-c3c4ccccc4c(-c4ccccc4)c4ccccc34)cccc12. The molecule has 330 valence electrons. The Labute approximate surface area is 406 Å². The van der Waals surface area contributed by atoms with E-state index in [0.717, 1.165) is 33.8 Å². The van der Waals surface area contributed by atoms with Crippen LogP contribution in [-0.2, 0) is 10.8 Å². The Hall–Kier alpha value is -8.46. The molecule has 0 aliphatic heterocycles. The topological polar surface area (TPSA) is 26.3 Å². The van der Waals surface area contributed by atoms with Crippen LogP contribution in [0.15, 0.2) is 215 Å². The van der Waals surface area contributed by atoms with Crippen molar-refractivity contribution in [2.45, 2.75) is 38.5 Å². The predicted octanol–water partition coefficient (Wildman–Crippen LogP) is 19.1. The van der Waals surface area contributed by atoms with Gasteiger partial charge in [-0.2, -0.15) is 0 Å². The molecule has 70 heavy (non-hydrogen) atoms. The summed E-state index contributed by atoms with van der Waals surface area (Å²) in [6, 6.07) is 75.6. The monoisotopic (exact) mass is 894 g/mol. The number of para-hydroxylation sites is 2. The molecule has 0 fully saturated rings. The van der Waals surface area contributed by atoms with Gasteiger partial charge in [0.05, 0.1) is 0 Å². The van der Waals surface area contributed by atoms with E-state index in [2.05, 4.69) is 234 Å². The Balaban J connectivity index is 0.924. The van der Waals surface area contributed by atoms with Gasteiger partial charge in [0.25, 0.3) is 0 Å². The molecule has 2 nitrogen and oxygen atoms in total. The molecule has 0 bridgehead atoms. The first-order valence-electron chi connectivity index (χ1n) is 24.6. The molecular weight excluding hydrogens is 849 g/mol. The Morgan fingerprint density at radius 2 is 0.557 bits per heavy atom. The van der Waals surface area contributed by atoms with E-state index >= 15 is 0 Å². The molecule has 0 atom stereocenters. The number of furan rings is 2. The molecule has 2 aliphatic carbocycles. The van der Waals surface area contributed by atoms with Crippen molar-refractivity contribution in [1.29, 1.82) is 0 Å². The summed E-state index contributed by atoms with van der Waals surface area (Å²) in [4.78, 5) is 0. The molecule has 0 N–H and O–H groups in total. The Morgan fingerprint density at radius 3 is 0.886 bits per heavy atom. The van der Waals surface area contributed by atoms with E-state index in [-0.39, 0.29) is 10.8 Å². The molecule has 2 aliphatic rings. The molecule has 13 aromatic rings. The molecule has 2 heterocycles. The van der Waals surface area contributed by atoms with Crippen molar-refractivity contribution < 1.29 is 8.83 Å². The van der Waals surface area contributed by atoms with Crippen LogP contribution in [0.2, 0.25) is 0 Å². The minimum absolute atomic E-state index is 0.340. The second-order valence-corrected chi connectivity index (χ2v) is 20.6. The molecular formula is C68H46O2. The number of hydrogen-bond acceptors (Lipinski definition) is 2. The van der Waals surface area contributed by atoms with Gasteiger partial charge < -0.3 is 8.83 Å². The Morgan fingerprint density at radius 1 is 0.271 bits per heavy atom. The van der Waals surface area contributed by atoms with Crippen LogP contribution in [0.25, 0.3) is 132 Å². The van der Waals surface area contributed by atoms with Crippen LogP contribution >= 0.6 is 0 Å². The van der Waals surface area contributed by atoms with Crippen LogP contribution in [0.4, 0.5) is 0 Å². The summed E-state index contributed by atoms with van der Waals surface area (Å²) in [6.45, 7) is 9.49. The Kier molecular flexibility index (Phi) is 7.94. The quantitative estimate of drug-likeness (QED) is 0.165. The highest BCUT2D eigenvalue weighted by atomic mass is 16.3. The normalized spacial score (nSPS) is 14.2. The maximum atomic E-state index is 7.38. The lowest BCUT2D eigenvalue weighted by Gasteiger charge is -2.24. The standard InChI is InChI=1S/C68H46O2/c1-67(2)55-37-54-56(38-53(55)65-61(67)51-35-19-33-49(63(51)69-65)59-45-29-15-11-25-41(45)57(39-21-7-5-8-22-39)42-26-12-16-30-46(42)59)68(3,4)62-52-36-20-34-50(64(52)70-66(54)62)60-47-31-17-13-27-43(47)58(40-23-9-6-10-24-40)44-28-14-18-32-48(44)60/h5-38H,1-4H3. The highest BCUT2D eigenvalue weighted by Gasteiger charge is 2.47. The summed E-state index contributed by atoms with van der Waals surface area (Å²) < 4.78 is 14.8. The molecule has 0 saturated carbocycles. The third kappa shape index (κ3) is 5.12. The summed E-state index contributed by atoms with van der Waals surface area (Å²) in [6.07, 6.45) is 0. The molecule has 0 saturated heterocycles. The van der Waals surface area contributed by atoms with E-state index in [0.29, 0.717) is 0 Å². The summed E-state index contributed by atoms with van der Waals surface area (Å²) >= 11 is 0. The molecule has 0 amide bonds. The summed E-state index contributed by atoms with van der Waals surface area (Å²) in [7, 11) is 0. The second-order valence-electron chi connectivity index (χ2n) is 20.6. The second kappa shape index (κ2) is 14.1. The Bertz CT molecular complexity index is 3990. The van der Waals surface area contributed by atoms with E-state index < -0.39 is 0 Å². The lowest BCUT2D eigenvalue weighted by atomic mass is 9.78. The van der Waals surface area contributed by atoms with Crippen molar-refractivity contribution in [3.8, 4) is 67.2 Å². The average molecular weight is 895 g/mol. The van der Waals surface area contributed by atoms with Crippen LogP contribution in [-0.4, -0.2) is 0 Å². The zero-order valence-electron chi connectivity index (χ0n) is 39.4. The zero-order valence-corrected chi connectivity index (χ0v) is 39.4. The summed E-state index contributed by atoms with van der Waals surface area (Å²) in [5, 5.41) is 12.2. The van der Waals surface area contributed by atoms with E-state index in [9.17, 15) is 0 Å². The highest BCUT2D eigenvalue weighted by Crippen LogP contribution is 2.61. The molecule has 0 radical (unpaired) electrons. The maximum Gasteiger partial charge on any atom is 0.143 e. The first-order valence-corrected chi connectivity index (χ1v) is 24.6. The van der Waals surface area contributed by atoms with Crippen molar-refractivity contribution in [2.75, 3.05) is 0 Å². The van der Waals surface area contributed by atoms with Gasteiger partial charge in [-0.3, -0.25) is 0 Å². The van der Waals surface area contributed by atoms with Crippen LogP contribution in [0.3, 0.4) is 0 Å². The lowest BCUT2D eigenvalue weighted by molar-refractivity contribution is 0.617. The molecule has 11 aromatic carbocycles. The van der Waals surface area contributed by atoms with Gasteiger partial charge in [0, 0.05) is 66.1 Å². The number of benzene rings is 11. The van der Waals surface area contributed by atoms with Crippen molar-refractivity contribution in [1.82, 2.24) is 0 Å². The van der Waals surface area contributed by atoms with Crippen LogP contribution in [0, 0.1) is 0 Å². The van der Waals surface area contributed by atoms with Crippen molar-refractivity contribution in [3.63, 3.8) is 0 Å². The van der Waals surface area contributed by atoms with Crippen LogP contribution < -0.4 is 0 Å². The van der Waals surface area contributed by atoms with E-state index in [4.69, 9.17) is 8.83 Å². The third-order valence-electron chi connectivity index (χ3n) is 16.2. The molecule has 2 aromatic heterocycles. The van der Waals surface area contributed by atoms with Gasteiger partial charge in [0.15, 0.2) is 0 Å². The van der Waals surface area contributed by atoms with Crippen molar-refractivity contribution >= 4 is 65.0 Å². The van der Waals surface area contributed by atoms with Gasteiger partial charge in [-0.1, -0.05) is 222 Å². The third-order valence-corrected chi connectivity index (χ3v) is 16.2. The maximum absolute atomic E-state index is 7.38. The first-order chi connectivity index (χ1) is 34.3. The van der Waals surface area contributed by atoms with Gasteiger partial charge in [-0.05, 0) is 88.6 Å². The smallest absolute Gasteiger partial charge is 0.143 e. The number of hydrogen-bond donors (Lipinski definition) is 0. The van der Waals surface area contributed by atoms with Gasteiger partial charge in [-0.15, -0.1) is 0 Å². The predicted molar refractivity (Wildman–Crippen MR) is 293 cm³/mol. The minimum atomic E-state index is -0.340. The highest BCUT2D eigenvalue weighted by molar-refractivity contribution is 6.25. The summed E-state index contributed by atoms with van der Waals surface area (Å²) in [5.41, 5.74) is 18.2. The first kappa shape index (κ1) is 39.5. The largest absolute Gasteiger partial charge is 0.455 e. The average Bonchev–Trinajstić information content (AvgIpc) is 4.11. The number of rotatable bonds is 4. The fraction of sp³-hybridized carbons (Fsp3) is 0.0882. The molecule has 0 unspecified atom stereocenters. The zero-order chi connectivity index (χ0) is 46.6. The van der Waals surface area contributed by atoms with E-state index in [1.54, 1.807) is 0 Å². The van der Waals surface area contributed by atoms with E-state index in [1.807, 2.05) is 0 Å². The van der Waals surface area contributed by atoms with Gasteiger partial charge in [0.1, 0.15) is 22.7 Å². The number of fused-ring (bicyclic) bond motifs is 14. The molecule has 2 heteroatoms. The lowest BCUT2D eigenvalue weighted by Crippen LogP contribution is -2.17. The fourth-order valence-corrected chi connectivity index (χ4v) is 13.2. The molecule has 15 rings (SSSR count). The van der Waals surface area contributed by atoms with Crippen LogP contribution in [0.1, 0.15) is 49.9 Å². The van der Waals surface area contributed by atoms with Gasteiger partial charge in [-0.25, -0.2) is 0 Å². The van der Waals surface area contributed by atoms with E-state index in [1.165, 1.54) is 121 Å². The van der Waals surface area contributed by atoms with Crippen molar-refractivity contribution in [2.24, 2.45) is 0 Å². The van der Waals surface area contributed by atoms with Crippen molar-refractivity contribution in [3.05, 3.63) is 229 Å². The van der Waals surface area contributed by atoms with Gasteiger partial charge in [0.2, 0.25) is 0 Å². The van der Waals surface area contributed by atoms with Gasteiger partial charge >= 0.3 is 0 Å². The van der Waals surface area contributed by atoms with Crippen LogP contribution in [0.5, 0.6) is 0 Å².